The number of nitrogen functional groups attached to an aromatic ring is 1. The molecule has 126 valence electrons. The molecule has 0 unspecified atom stereocenters. The number of thiophene rings is 1. The van der Waals surface area contributed by atoms with E-state index < -0.39 is 5.97 Å². The molecule has 1 aromatic carbocycles. The molecule has 0 bridgehead atoms. The Balaban J connectivity index is 1.93. The second kappa shape index (κ2) is 5.86. The lowest BCUT2D eigenvalue weighted by Crippen LogP contribution is -2.07. The van der Waals surface area contributed by atoms with Gasteiger partial charge in [0.15, 0.2) is 5.65 Å². The van der Waals surface area contributed by atoms with Crippen molar-refractivity contribution < 1.29 is 9.53 Å². The zero-order valence-electron chi connectivity index (χ0n) is 13.8. The van der Waals surface area contributed by atoms with Crippen molar-refractivity contribution in [1.82, 2.24) is 14.6 Å². The molecular weight excluding hydrogens is 336 g/mol. The van der Waals surface area contributed by atoms with Gasteiger partial charge in [0.1, 0.15) is 11.4 Å². The second-order valence-corrected chi connectivity index (χ2v) is 6.64. The third-order valence-corrected chi connectivity index (χ3v) is 5.01. The first-order chi connectivity index (χ1) is 12.1. The van der Waals surface area contributed by atoms with Crippen LogP contribution in [0, 0.1) is 6.92 Å². The van der Waals surface area contributed by atoms with E-state index >= 15 is 0 Å². The van der Waals surface area contributed by atoms with Gasteiger partial charge in [-0.1, -0.05) is 6.07 Å². The van der Waals surface area contributed by atoms with Crippen LogP contribution < -0.4 is 5.73 Å². The molecule has 2 N–H and O–H groups in total. The van der Waals surface area contributed by atoms with Crippen LogP contribution in [0.25, 0.3) is 26.9 Å². The molecule has 0 radical (unpaired) electrons. The summed E-state index contributed by atoms with van der Waals surface area (Å²) in [5.41, 5.74) is 10.0. The number of nitrogens with zero attached hydrogens (tertiary/aromatic N) is 3. The maximum Gasteiger partial charge on any atom is 0.343 e. The minimum Gasteiger partial charge on any atom is -0.462 e. The lowest BCUT2D eigenvalue weighted by atomic mass is 10.0. The number of carbonyl (C=O) groups is 1. The molecule has 0 aliphatic heterocycles. The molecule has 25 heavy (non-hydrogen) atoms. The zero-order chi connectivity index (χ0) is 17.6. The summed E-state index contributed by atoms with van der Waals surface area (Å²) >= 11 is 1.66. The minimum absolute atomic E-state index is 0.295. The molecule has 0 saturated carbocycles. The van der Waals surface area contributed by atoms with Gasteiger partial charge in [-0.3, -0.25) is 0 Å². The van der Waals surface area contributed by atoms with Crippen molar-refractivity contribution in [2.75, 3.05) is 12.3 Å². The molecule has 7 heteroatoms. The van der Waals surface area contributed by atoms with Crippen molar-refractivity contribution in [1.29, 1.82) is 0 Å². The lowest BCUT2D eigenvalue weighted by Gasteiger charge is -2.10. The van der Waals surface area contributed by atoms with Crippen molar-refractivity contribution in [2.45, 2.75) is 13.8 Å². The number of hydrogen-bond acceptors (Lipinski definition) is 6. The van der Waals surface area contributed by atoms with Gasteiger partial charge >= 0.3 is 5.97 Å². The second-order valence-electron chi connectivity index (χ2n) is 5.72. The Bertz CT molecular complexity index is 1110. The van der Waals surface area contributed by atoms with E-state index in [1.165, 1.54) is 16.1 Å². The lowest BCUT2D eigenvalue weighted by molar-refractivity contribution is 0.0528. The Morgan fingerprint density at radius 3 is 2.96 bits per heavy atom. The van der Waals surface area contributed by atoms with E-state index in [4.69, 9.17) is 10.5 Å². The molecule has 3 heterocycles. The van der Waals surface area contributed by atoms with E-state index in [1.54, 1.807) is 24.5 Å². The van der Waals surface area contributed by atoms with E-state index in [9.17, 15) is 4.79 Å². The fourth-order valence-corrected chi connectivity index (χ4v) is 3.85. The van der Waals surface area contributed by atoms with Crippen LogP contribution in [0.1, 0.15) is 22.8 Å². The summed E-state index contributed by atoms with van der Waals surface area (Å²) in [6.45, 7) is 4.10. The van der Waals surface area contributed by atoms with Crippen molar-refractivity contribution in [3.8, 4) is 11.1 Å². The van der Waals surface area contributed by atoms with Crippen LogP contribution in [-0.2, 0) is 4.74 Å². The molecule has 0 fully saturated rings. The highest BCUT2D eigenvalue weighted by molar-refractivity contribution is 7.17. The summed E-state index contributed by atoms with van der Waals surface area (Å²) < 4.78 is 7.68. The van der Waals surface area contributed by atoms with E-state index in [2.05, 4.69) is 40.6 Å². The number of esters is 1. The van der Waals surface area contributed by atoms with E-state index in [0.29, 0.717) is 23.6 Å². The van der Waals surface area contributed by atoms with E-state index in [-0.39, 0.29) is 0 Å². The maximum absolute atomic E-state index is 12.0. The molecule has 4 rings (SSSR count). The first kappa shape index (κ1) is 15.6. The number of carbonyl (C=O) groups excluding carboxylic acids is 1. The van der Waals surface area contributed by atoms with Crippen LogP contribution in [0.15, 0.2) is 36.0 Å². The van der Waals surface area contributed by atoms with Crippen LogP contribution >= 0.6 is 11.3 Å². The van der Waals surface area contributed by atoms with Gasteiger partial charge in [-0.2, -0.15) is 9.61 Å². The Morgan fingerprint density at radius 2 is 2.16 bits per heavy atom. The number of hydrogen-bond donors (Lipinski definition) is 1. The summed E-state index contributed by atoms with van der Waals surface area (Å²) in [4.78, 5) is 16.4. The maximum atomic E-state index is 12.0. The molecule has 0 amide bonds. The number of rotatable bonds is 3. The van der Waals surface area contributed by atoms with Gasteiger partial charge in [0, 0.05) is 22.0 Å². The summed E-state index contributed by atoms with van der Waals surface area (Å²) in [5.74, 6) is -0.00537. The normalized spacial score (nSPS) is 11.3. The fourth-order valence-electron chi connectivity index (χ4n) is 2.94. The Labute approximate surface area is 147 Å². The average molecular weight is 352 g/mol. The van der Waals surface area contributed by atoms with Crippen LogP contribution in [0.2, 0.25) is 0 Å². The van der Waals surface area contributed by atoms with Crippen molar-refractivity contribution in [3.05, 3.63) is 47.1 Å². The largest absolute Gasteiger partial charge is 0.462 e. The predicted molar refractivity (Wildman–Crippen MR) is 98.9 cm³/mol. The zero-order valence-corrected chi connectivity index (χ0v) is 14.6. The van der Waals surface area contributed by atoms with Crippen LogP contribution in [0.5, 0.6) is 0 Å². The van der Waals surface area contributed by atoms with Gasteiger partial charge in [-0.05, 0) is 42.3 Å². The number of fused-ring (bicyclic) bond motifs is 2. The Hall–Kier alpha value is -2.93. The Kier molecular flexibility index (Phi) is 3.65. The number of benzene rings is 1. The van der Waals surface area contributed by atoms with E-state index in [1.807, 2.05) is 0 Å². The number of nitrogens with two attached hydrogens (primary N) is 1. The fraction of sp³-hybridized carbons (Fsp3) is 0.167. The van der Waals surface area contributed by atoms with Crippen LogP contribution in [-0.4, -0.2) is 27.2 Å². The molecule has 0 aliphatic rings. The summed E-state index contributed by atoms with van der Waals surface area (Å²) in [6.07, 6.45) is 3.14. The predicted octanol–water partition coefficient (Wildman–Crippen LogP) is 3.68. The molecule has 6 nitrogen and oxygen atoms in total. The van der Waals surface area contributed by atoms with Gasteiger partial charge < -0.3 is 10.5 Å². The van der Waals surface area contributed by atoms with Gasteiger partial charge in [-0.15, -0.1) is 11.3 Å². The van der Waals surface area contributed by atoms with Gasteiger partial charge in [0.05, 0.1) is 12.8 Å². The number of ether oxygens (including phenoxy) is 1. The SMILES string of the molecule is CCOC(=O)c1cnn2c(N)c(-c3cc(C)cc4ccsc34)cnc12. The summed E-state index contributed by atoms with van der Waals surface area (Å²) in [5, 5.41) is 7.46. The van der Waals surface area contributed by atoms with Crippen molar-refractivity contribution in [2.24, 2.45) is 0 Å². The molecular formula is C18H16N4O2S. The highest BCUT2D eigenvalue weighted by Crippen LogP contribution is 2.36. The summed E-state index contributed by atoms with van der Waals surface area (Å²) in [7, 11) is 0. The number of aromatic nitrogens is 3. The molecule has 0 atom stereocenters. The molecule has 0 saturated heterocycles. The highest BCUT2D eigenvalue weighted by atomic mass is 32.1. The highest BCUT2D eigenvalue weighted by Gasteiger charge is 2.19. The Morgan fingerprint density at radius 1 is 1.32 bits per heavy atom. The minimum atomic E-state index is -0.451. The molecule has 0 spiro atoms. The molecule has 3 aromatic heterocycles. The smallest absolute Gasteiger partial charge is 0.343 e. The van der Waals surface area contributed by atoms with Crippen molar-refractivity contribution >= 4 is 38.9 Å². The first-order valence-corrected chi connectivity index (χ1v) is 8.75. The monoisotopic (exact) mass is 352 g/mol. The van der Waals surface area contributed by atoms with Crippen LogP contribution in [0.4, 0.5) is 5.82 Å². The van der Waals surface area contributed by atoms with Crippen molar-refractivity contribution in [3.63, 3.8) is 0 Å². The molecule has 4 aromatic rings. The number of anilines is 1. The van der Waals surface area contributed by atoms with E-state index in [0.717, 1.165) is 21.4 Å². The third-order valence-electron chi connectivity index (χ3n) is 4.04. The van der Waals surface area contributed by atoms with Gasteiger partial charge in [0.25, 0.3) is 0 Å². The first-order valence-electron chi connectivity index (χ1n) is 7.87. The quantitative estimate of drug-likeness (QED) is 0.569. The number of aryl methyl sites for hydroxylation is 1. The topological polar surface area (TPSA) is 82.5 Å². The standard InChI is InChI=1S/C18H16N4O2S/c1-3-24-18(23)14-9-21-22-16(19)13(8-20-17(14)22)12-7-10(2)6-11-4-5-25-15(11)12/h4-9H,3,19H2,1-2H3. The third kappa shape index (κ3) is 2.44. The van der Waals surface area contributed by atoms with Gasteiger partial charge in [0.2, 0.25) is 0 Å². The molecule has 0 aliphatic carbocycles. The van der Waals surface area contributed by atoms with Crippen LogP contribution in [0.3, 0.4) is 0 Å². The summed E-state index contributed by atoms with van der Waals surface area (Å²) in [6, 6.07) is 6.32. The van der Waals surface area contributed by atoms with Gasteiger partial charge in [-0.25, -0.2) is 9.78 Å². The average Bonchev–Trinajstić information content (AvgIpc) is 3.21.